The predicted molar refractivity (Wildman–Crippen MR) is 128 cm³/mol. The van der Waals surface area contributed by atoms with E-state index in [1.54, 1.807) is 30.5 Å². The topological polar surface area (TPSA) is 112 Å². The fraction of sp³-hybridized carbons (Fsp3) is 0.167. The number of hydrogen-bond donors (Lipinski definition) is 2. The van der Waals surface area contributed by atoms with Gasteiger partial charge in [-0.25, -0.2) is 15.0 Å². The number of carbonyl (C=O) groups excluding carboxylic acids is 1. The molecule has 174 valence electrons. The standard InChI is InChI=1S/C24H24N6O4/c1-15-25-9-10-30(15)22-13-21(26-14-27-22)28-17-5-7-18(8-6-17)29-24(31)16-11-19(32-2)23(34-4)20(12-16)33-3/h5-14H,1-4H3,(H,29,31)(H,26,27,28). The average molecular weight is 460 g/mol. The first-order valence-electron chi connectivity index (χ1n) is 10.3. The van der Waals surface area contributed by atoms with Crippen LogP contribution in [0.25, 0.3) is 5.82 Å². The van der Waals surface area contributed by atoms with Crippen molar-refractivity contribution in [2.45, 2.75) is 6.92 Å². The number of rotatable bonds is 8. The lowest BCUT2D eigenvalue weighted by molar-refractivity contribution is 0.102. The van der Waals surface area contributed by atoms with Crippen LogP contribution in [0.5, 0.6) is 17.2 Å². The number of nitrogens with zero attached hydrogens (tertiary/aromatic N) is 4. The van der Waals surface area contributed by atoms with Crippen LogP contribution in [-0.2, 0) is 0 Å². The summed E-state index contributed by atoms with van der Waals surface area (Å²) in [6, 6.07) is 12.3. The van der Waals surface area contributed by atoms with Crippen molar-refractivity contribution in [2.24, 2.45) is 0 Å². The van der Waals surface area contributed by atoms with E-state index in [2.05, 4.69) is 25.6 Å². The fourth-order valence-electron chi connectivity index (χ4n) is 3.37. The first-order chi connectivity index (χ1) is 16.5. The molecule has 0 unspecified atom stereocenters. The van der Waals surface area contributed by atoms with E-state index >= 15 is 0 Å². The number of benzene rings is 2. The van der Waals surface area contributed by atoms with Gasteiger partial charge >= 0.3 is 0 Å². The van der Waals surface area contributed by atoms with Crippen LogP contribution in [0.2, 0.25) is 0 Å². The van der Waals surface area contributed by atoms with Gasteiger partial charge in [0, 0.05) is 35.4 Å². The fourth-order valence-corrected chi connectivity index (χ4v) is 3.37. The Morgan fingerprint density at radius 1 is 0.882 bits per heavy atom. The van der Waals surface area contributed by atoms with Crippen molar-refractivity contribution in [3.05, 3.63) is 72.6 Å². The third kappa shape index (κ3) is 4.75. The van der Waals surface area contributed by atoms with Crippen molar-refractivity contribution in [3.8, 4) is 23.1 Å². The van der Waals surface area contributed by atoms with Crippen LogP contribution in [0.3, 0.4) is 0 Å². The summed E-state index contributed by atoms with van der Waals surface area (Å²) >= 11 is 0. The van der Waals surface area contributed by atoms with Crippen molar-refractivity contribution in [1.82, 2.24) is 19.5 Å². The van der Waals surface area contributed by atoms with Crippen molar-refractivity contribution in [3.63, 3.8) is 0 Å². The molecule has 1 amide bonds. The van der Waals surface area contributed by atoms with Crippen LogP contribution in [0, 0.1) is 6.92 Å². The number of aryl methyl sites for hydroxylation is 1. The van der Waals surface area contributed by atoms with E-state index in [9.17, 15) is 4.79 Å². The zero-order valence-corrected chi connectivity index (χ0v) is 19.2. The Bertz CT molecular complexity index is 1280. The van der Waals surface area contributed by atoms with Crippen LogP contribution < -0.4 is 24.8 Å². The molecule has 0 aliphatic rings. The summed E-state index contributed by atoms with van der Waals surface area (Å²) in [5.74, 6) is 3.10. The normalized spacial score (nSPS) is 10.5. The van der Waals surface area contributed by atoms with Crippen molar-refractivity contribution in [2.75, 3.05) is 32.0 Å². The minimum Gasteiger partial charge on any atom is -0.493 e. The molecule has 10 heteroatoms. The maximum Gasteiger partial charge on any atom is 0.255 e. The Labute approximate surface area is 196 Å². The molecule has 0 saturated heterocycles. The van der Waals surface area contributed by atoms with Gasteiger partial charge in [0.2, 0.25) is 5.75 Å². The highest BCUT2D eigenvalue weighted by atomic mass is 16.5. The Kier molecular flexibility index (Phi) is 6.58. The molecule has 0 radical (unpaired) electrons. The number of methoxy groups -OCH3 is 3. The first-order valence-corrected chi connectivity index (χ1v) is 10.3. The van der Waals surface area contributed by atoms with E-state index in [0.29, 0.717) is 40.1 Å². The third-order valence-corrected chi connectivity index (χ3v) is 5.07. The lowest BCUT2D eigenvalue weighted by Gasteiger charge is -2.14. The minimum atomic E-state index is -0.309. The SMILES string of the molecule is COc1cc(C(=O)Nc2ccc(Nc3cc(-n4ccnc4C)ncn3)cc2)cc(OC)c1OC. The number of nitrogens with one attached hydrogen (secondary N) is 2. The summed E-state index contributed by atoms with van der Waals surface area (Å²) in [6.07, 6.45) is 5.05. The van der Waals surface area contributed by atoms with E-state index in [1.807, 2.05) is 35.9 Å². The Balaban J connectivity index is 1.47. The van der Waals surface area contributed by atoms with Gasteiger partial charge < -0.3 is 24.8 Å². The molecule has 0 fully saturated rings. The molecule has 2 aromatic carbocycles. The van der Waals surface area contributed by atoms with Crippen LogP contribution in [0.1, 0.15) is 16.2 Å². The minimum absolute atomic E-state index is 0.309. The van der Waals surface area contributed by atoms with Gasteiger partial charge in [0.1, 0.15) is 23.8 Å². The number of imidazole rings is 1. The van der Waals surface area contributed by atoms with Gasteiger partial charge in [0.05, 0.1) is 21.3 Å². The predicted octanol–water partition coefficient (Wildman–Crippen LogP) is 3.99. The maximum atomic E-state index is 12.8. The van der Waals surface area contributed by atoms with E-state index in [0.717, 1.165) is 11.5 Å². The molecule has 0 aliphatic carbocycles. The zero-order valence-electron chi connectivity index (χ0n) is 19.2. The largest absolute Gasteiger partial charge is 0.493 e. The van der Waals surface area contributed by atoms with Gasteiger partial charge in [-0.3, -0.25) is 9.36 Å². The smallest absolute Gasteiger partial charge is 0.255 e. The number of carbonyl (C=O) groups is 1. The number of amides is 1. The molecule has 4 rings (SSSR count). The van der Waals surface area contributed by atoms with E-state index in [-0.39, 0.29) is 5.91 Å². The third-order valence-electron chi connectivity index (χ3n) is 5.07. The number of hydrogen-bond acceptors (Lipinski definition) is 8. The molecule has 10 nitrogen and oxygen atoms in total. The molecule has 2 N–H and O–H groups in total. The first kappa shape index (κ1) is 22.6. The Morgan fingerprint density at radius 2 is 1.56 bits per heavy atom. The van der Waals surface area contributed by atoms with E-state index < -0.39 is 0 Å². The highest BCUT2D eigenvalue weighted by Gasteiger charge is 2.17. The summed E-state index contributed by atoms with van der Waals surface area (Å²) in [6.45, 7) is 1.90. The average Bonchev–Trinajstić information content (AvgIpc) is 3.30. The molecule has 0 atom stereocenters. The van der Waals surface area contributed by atoms with Crippen molar-refractivity contribution >= 4 is 23.1 Å². The molecule has 2 heterocycles. The van der Waals surface area contributed by atoms with Crippen LogP contribution in [0.15, 0.2) is 61.2 Å². The second kappa shape index (κ2) is 9.90. The van der Waals surface area contributed by atoms with E-state index in [4.69, 9.17) is 14.2 Å². The summed E-state index contributed by atoms with van der Waals surface area (Å²) < 4.78 is 17.8. The monoisotopic (exact) mass is 460 g/mol. The number of aromatic nitrogens is 4. The summed E-state index contributed by atoms with van der Waals surface area (Å²) in [5, 5.41) is 6.10. The Hall–Kier alpha value is -4.60. The van der Waals surface area contributed by atoms with Crippen LogP contribution in [-0.4, -0.2) is 46.8 Å². The van der Waals surface area contributed by atoms with Crippen LogP contribution in [0.4, 0.5) is 17.2 Å². The second-order valence-electron chi connectivity index (χ2n) is 7.18. The van der Waals surface area contributed by atoms with Gasteiger partial charge in [0.15, 0.2) is 11.5 Å². The van der Waals surface area contributed by atoms with Crippen molar-refractivity contribution < 1.29 is 19.0 Å². The van der Waals surface area contributed by atoms with Crippen molar-refractivity contribution in [1.29, 1.82) is 0 Å². The molecule has 2 aromatic heterocycles. The highest BCUT2D eigenvalue weighted by molar-refractivity contribution is 6.05. The second-order valence-corrected chi connectivity index (χ2v) is 7.18. The number of anilines is 3. The molecule has 0 aliphatic heterocycles. The Morgan fingerprint density at radius 3 is 2.15 bits per heavy atom. The lowest BCUT2D eigenvalue weighted by Crippen LogP contribution is -2.12. The molecule has 0 spiro atoms. The molecule has 0 bridgehead atoms. The molecule has 0 saturated carbocycles. The van der Waals surface area contributed by atoms with Gasteiger partial charge in [-0.15, -0.1) is 0 Å². The zero-order chi connectivity index (χ0) is 24.1. The quantitative estimate of drug-likeness (QED) is 0.406. The highest BCUT2D eigenvalue weighted by Crippen LogP contribution is 2.38. The van der Waals surface area contributed by atoms with Gasteiger partial charge in [-0.1, -0.05) is 0 Å². The van der Waals surface area contributed by atoms with Gasteiger partial charge in [-0.2, -0.15) is 0 Å². The summed E-state index contributed by atoms with van der Waals surface area (Å²) in [7, 11) is 4.51. The molecule has 34 heavy (non-hydrogen) atoms. The molecular weight excluding hydrogens is 436 g/mol. The summed E-state index contributed by atoms with van der Waals surface area (Å²) in [5.41, 5.74) is 1.81. The van der Waals surface area contributed by atoms with Gasteiger partial charge in [-0.05, 0) is 43.3 Å². The van der Waals surface area contributed by atoms with E-state index in [1.165, 1.54) is 27.7 Å². The number of ether oxygens (including phenoxy) is 3. The molecular formula is C24H24N6O4. The summed E-state index contributed by atoms with van der Waals surface area (Å²) in [4.78, 5) is 25.6. The molecule has 4 aromatic rings. The van der Waals surface area contributed by atoms with Crippen LogP contribution >= 0.6 is 0 Å². The lowest BCUT2D eigenvalue weighted by atomic mass is 10.1. The van der Waals surface area contributed by atoms with Gasteiger partial charge in [0.25, 0.3) is 5.91 Å². The maximum absolute atomic E-state index is 12.8.